The van der Waals surface area contributed by atoms with Crippen LogP contribution in [0.15, 0.2) is 16.3 Å². The maximum absolute atomic E-state index is 5.78. The van der Waals surface area contributed by atoms with E-state index in [-0.39, 0.29) is 5.95 Å². The van der Waals surface area contributed by atoms with Gasteiger partial charge >= 0.3 is 0 Å². The molecule has 1 aromatic rings. The number of nitrogens with one attached hydrogen (secondary N) is 2. The number of hydrogen-bond donors (Lipinski definition) is 3. The molecule has 2 aliphatic carbocycles. The van der Waals surface area contributed by atoms with E-state index in [9.17, 15) is 0 Å². The Labute approximate surface area is 149 Å². The molecule has 2 saturated carbocycles. The van der Waals surface area contributed by atoms with Crippen molar-refractivity contribution < 1.29 is 0 Å². The number of nitrogens with zero attached hydrogens (tertiary/aromatic N) is 4. The van der Waals surface area contributed by atoms with Crippen LogP contribution in [0, 0.1) is 11.8 Å². The van der Waals surface area contributed by atoms with E-state index < -0.39 is 0 Å². The molecule has 0 aliphatic heterocycles. The van der Waals surface area contributed by atoms with Crippen LogP contribution in [0.3, 0.4) is 0 Å². The highest BCUT2D eigenvalue weighted by Crippen LogP contribution is 2.23. The molecule has 0 saturated heterocycles. The van der Waals surface area contributed by atoms with Gasteiger partial charge in [0.25, 0.3) is 0 Å². The number of hydrazone groups is 2. The van der Waals surface area contributed by atoms with Gasteiger partial charge in [-0.3, -0.25) is 10.9 Å². The Morgan fingerprint density at radius 1 is 0.800 bits per heavy atom. The van der Waals surface area contributed by atoms with Crippen LogP contribution >= 0.6 is 0 Å². The summed E-state index contributed by atoms with van der Waals surface area (Å²) < 4.78 is 0. The smallest absolute Gasteiger partial charge is 0.224 e. The van der Waals surface area contributed by atoms with Crippen LogP contribution in [0.5, 0.6) is 0 Å². The monoisotopic (exact) mass is 343 g/mol. The largest absolute Gasteiger partial charge is 0.368 e. The Hall–Kier alpha value is -2.18. The fraction of sp³-hybridized carbons (Fsp3) is 0.667. The van der Waals surface area contributed by atoms with Gasteiger partial charge in [-0.1, -0.05) is 38.5 Å². The summed E-state index contributed by atoms with van der Waals surface area (Å²) in [5.74, 6) is 2.49. The Kier molecular flexibility index (Phi) is 6.59. The van der Waals surface area contributed by atoms with Crippen molar-refractivity contribution in [1.29, 1.82) is 0 Å². The molecule has 2 fully saturated rings. The van der Waals surface area contributed by atoms with E-state index in [2.05, 4.69) is 31.0 Å². The highest BCUT2D eigenvalue weighted by molar-refractivity contribution is 5.64. The summed E-state index contributed by atoms with van der Waals surface area (Å²) >= 11 is 0. The summed E-state index contributed by atoms with van der Waals surface area (Å²) in [6.07, 6.45) is 16.7. The summed E-state index contributed by atoms with van der Waals surface area (Å²) in [5, 5.41) is 8.63. The molecule has 7 nitrogen and oxygen atoms in total. The van der Waals surface area contributed by atoms with Crippen molar-refractivity contribution in [2.45, 2.75) is 64.2 Å². The molecule has 1 heterocycles. The van der Waals surface area contributed by atoms with Gasteiger partial charge < -0.3 is 5.73 Å². The van der Waals surface area contributed by atoms with E-state index in [0.29, 0.717) is 23.5 Å². The van der Waals surface area contributed by atoms with Gasteiger partial charge in [-0.25, -0.2) is 0 Å². The molecule has 2 aliphatic rings. The first-order chi connectivity index (χ1) is 12.3. The molecular weight excluding hydrogens is 314 g/mol. The van der Waals surface area contributed by atoms with Crippen LogP contribution in [-0.4, -0.2) is 22.4 Å². The van der Waals surface area contributed by atoms with E-state index in [4.69, 9.17) is 5.73 Å². The maximum atomic E-state index is 5.78. The second kappa shape index (κ2) is 9.34. The van der Waals surface area contributed by atoms with Gasteiger partial charge in [0, 0.05) is 18.5 Å². The zero-order valence-electron chi connectivity index (χ0n) is 14.8. The van der Waals surface area contributed by atoms with Gasteiger partial charge in [0.1, 0.15) is 0 Å². The van der Waals surface area contributed by atoms with Gasteiger partial charge in [0.2, 0.25) is 5.95 Å². The first-order valence-electron chi connectivity index (χ1n) is 9.52. The zero-order valence-corrected chi connectivity index (χ0v) is 14.8. The molecule has 25 heavy (non-hydrogen) atoms. The van der Waals surface area contributed by atoms with Crippen molar-refractivity contribution in [3.63, 3.8) is 0 Å². The molecule has 1 aromatic heterocycles. The summed E-state index contributed by atoms with van der Waals surface area (Å²) in [6.45, 7) is 0. The van der Waals surface area contributed by atoms with Gasteiger partial charge in [0.15, 0.2) is 11.6 Å². The lowest BCUT2D eigenvalue weighted by molar-refractivity contribution is 0.445. The van der Waals surface area contributed by atoms with Crippen LogP contribution in [0.4, 0.5) is 17.6 Å². The third-order valence-electron chi connectivity index (χ3n) is 4.97. The van der Waals surface area contributed by atoms with Crippen LogP contribution in [0.1, 0.15) is 64.2 Å². The molecule has 0 unspecified atom stereocenters. The minimum absolute atomic E-state index is 0.202. The van der Waals surface area contributed by atoms with Crippen molar-refractivity contribution in [2.75, 3.05) is 16.6 Å². The van der Waals surface area contributed by atoms with E-state index in [1.54, 1.807) is 6.07 Å². The van der Waals surface area contributed by atoms with Crippen molar-refractivity contribution in [3.05, 3.63) is 6.07 Å². The number of aromatic nitrogens is 2. The van der Waals surface area contributed by atoms with Crippen LogP contribution in [0.2, 0.25) is 0 Å². The van der Waals surface area contributed by atoms with Crippen LogP contribution in [0.25, 0.3) is 0 Å². The van der Waals surface area contributed by atoms with Crippen LogP contribution in [-0.2, 0) is 0 Å². The van der Waals surface area contributed by atoms with Gasteiger partial charge in [-0.15, -0.1) is 0 Å². The van der Waals surface area contributed by atoms with E-state index >= 15 is 0 Å². The zero-order chi connectivity index (χ0) is 17.3. The highest BCUT2D eigenvalue weighted by atomic mass is 15.3. The van der Waals surface area contributed by atoms with Crippen molar-refractivity contribution in [1.82, 2.24) is 9.97 Å². The van der Waals surface area contributed by atoms with Gasteiger partial charge in [0.05, 0.1) is 0 Å². The first-order valence-corrected chi connectivity index (χ1v) is 9.52. The fourth-order valence-electron chi connectivity index (χ4n) is 3.56. The third-order valence-corrected chi connectivity index (χ3v) is 4.97. The summed E-state index contributed by atoms with van der Waals surface area (Å²) in [6, 6.07) is 1.77. The minimum atomic E-state index is 0.202. The van der Waals surface area contributed by atoms with E-state index in [0.717, 1.165) is 0 Å². The minimum Gasteiger partial charge on any atom is -0.368 e. The molecule has 0 radical (unpaired) electrons. The standard InChI is InChI=1S/C18H29N7/c19-18-22-16(24-20-12-14-7-3-1-4-8-14)11-17(23-18)25-21-13-15-9-5-2-6-10-15/h11-15H,1-10H2,(H4,19,22,23,24,25). The molecule has 0 bridgehead atoms. The number of nitrogen functional groups attached to an aromatic ring is 1. The van der Waals surface area contributed by atoms with E-state index in [1.165, 1.54) is 64.2 Å². The van der Waals surface area contributed by atoms with Crippen LogP contribution < -0.4 is 16.6 Å². The average molecular weight is 343 g/mol. The summed E-state index contributed by atoms with van der Waals surface area (Å²) in [4.78, 5) is 8.33. The van der Waals surface area contributed by atoms with Gasteiger partial charge in [-0.2, -0.15) is 20.2 Å². The first kappa shape index (κ1) is 17.6. The molecule has 7 heteroatoms. The third kappa shape index (κ3) is 5.99. The predicted octanol–water partition coefficient (Wildman–Crippen LogP) is 4.01. The number of anilines is 3. The molecule has 136 valence electrons. The average Bonchev–Trinajstić information content (AvgIpc) is 2.63. The van der Waals surface area contributed by atoms with Crippen molar-refractivity contribution in [3.8, 4) is 0 Å². The summed E-state index contributed by atoms with van der Waals surface area (Å²) in [7, 11) is 0. The Bertz CT molecular complexity index is 539. The quantitative estimate of drug-likeness (QED) is 0.535. The number of rotatable bonds is 6. The lowest BCUT2D eigenvalue weighted by Crippen LogP contribution is -2.09. The molecule has 3 rings (SSSR count). The second-order valence-corrected chi connectivity index (χ2v) is 7.07. The number of nitrogens with two attached hydrogens (primary N) is 1. The lowest BCUT2D eigenvalue weighted by Gasteiger charge is -2.17. The number of hydrogen-bond acceptors (Lipinski definition) is 7. The Morgan fingerprint density at radius 2 is 1.24 bits per heavy atom. The topological polar surface area (TPSA) is 101 Å². The Balaban J connectivity index is 1.52. The van der Waals surface area contributed by atoms with E-state index in [1.807, 2.05) is 12.4 Å². The summed E-state index contributed by atoms with van der Waals surface area (Å²) in [5.41, 5.74) is 11.7. The maximum Gasteiger partial charge on any atom is 0.224 e. The lowest BCUT2D eigenvalue weighted by atomic mass is 9.90. The molecule has 0 atom stereocenters. The van der Waals surface area contributed by atoms with Gasteiger partial charge in [-0.05, 0) is 37.5 Å². The molecule has 0 amide bonds. The van der Waals surface area contributed by atoms with Crippen molar-refractivity contribution in [2.24, 2.45) is 22.0 Å². The SMILES string of the molecule is Nc1nc(NN=CC2CCCCC2)cc(NN=CC2CCCCC2)n1. The molecule has 0 aromatic carbocycles. The molecule has 4 N–H and O–H groups in total. The normalized spacial score (nSPS) is 20.3. The molecule has 0 spiro atoms. The second-order valence-electron chi connectivity index (χ2n) is 7.07. The highest BCUT2D eigenvalue weighted by Gasteiger charge is 2.11. The predicted molar refractivity (Wildman–Crippen MR) is 104 cm³/mol. The Morgan fingerprint density at radius 3 is 1.68 bits per heavy atom. The molecular formula is C18H29N7. The fourth-order valence-corrected chi connectivity index (χ4v) is 3.56. The van der Waals surface area contributed by atoms with Crippen molar-refractivity contribution >= 4 is 30.0 Å².